The maximum absolute atomic E-state index is 13.1. The number of carbonyl (C=O) groups excluding carboxylic acids is 1. The summed E-state index contributed by atoms with van der Waals surface area (Å²) in [6.07, 6.45) is 0. The molecule has 0 bridgehead atoms. The zero-order valence-electron chi connectivity index (χ0n) is 13.3. The lowest BCUT2D eigenvalue weighted by Gasteiger charge is -2.23. The van der Waals surface area contributed by atoms with Crippen molar-refractivity contribution >= 4 is 5.78 Å². The van der Waals surface area contributed by atoms with Gasteiger partial charge in [0.2, 0.25) is 0 Å². The minimum Gasteiger partial charge on any atom is -0.319 e. The molecule has 0 heterocycles. The quantitative estimate of drug-likeness (QED) is 0.786. The summed E-state index contributed by atoms with van der Waals surface area (Å²) in [5, 5.41) is 6.31. The molecule has 0 aliphatic carbocycles. The molecular weight excluding hydrogens is 272 g/mol. The summed E-state index contributed by atoms with van der Waals surface area (Å²) < 4.78 is 0. The van der Waals surface area contributed by atoms with Gasteiger partial charge in [0.15, 0.2) is 0 Å². The molecule has 0 amide bonds. The van der Waals surface area contributed by atoms with Gasteiger partial charge in [-0.25, -0.2) is 0 Å². The molecule has 0 aromatic heterocycles. The van der Waals surface area contributed by atoms with E-state index in [4.69, 9.17) is 0 Å². The highest BCUT2D eigenvalue weighted by Gasteiger charge is 2.28. The van der Waals surface area contributed by atoms with Crippen LogP contribution in [0, 0.1) is 0 Å². The molecular formula is C19H24N2O. The number of ketones is 1. The average Bonchev–Trinajstić information content (AvgIpc) is 2.58. The first-order valence-electron chi connectivity index (χ1n) is 7.70. The molecule has 2 rings (SSSR count). The summed E-state index contributed by atoms with van der Waals surface area (Å²) in [6, 6.07) is 20.0. The van der Waals surface area contributed by atoms with E-state index in [1.807, 2.05) is 74.8 Å². The molecule has 2 aromatic carbocycles. The van der Waals surface area contributed by atoms with Crippen LogP contribution in [0.3, 0.4) is 0 Å². The van der Waals surface area contributed by atoms with E-state index in [-0.39, 0.29) is 17.6 Å². The van der Waals surface area contributed by atoms with Gasteiger partial charge in [-0.3, -0.25) is 4.79 Å². The Labute approximate surface area is 132 Å². The third kappa shape index (κ3) is 4.03. The molecule has 0 spiro atoms. The normalized spacial score (nSPS) is 13.5. The second-order valence-electron chi connectivity index (χ2n) is 5.44. The van der Waals surface area contributed by atoms with Crippen molar-refractivity contribution in [3.63, 3.8) is 0 Å². The fourth-order valence-corrected chi connectivity index (χ4v) is 2.79. The molecule has 0 saturated carbocycles. The summed E-state index contributed by atoms with van der Waals surface area (Å²) in [4.78, 5) is 13.1. The zero-order chi connectivity index (χ0) is 15.8. The average molecular weight is 296 g/mol. The van der Waals surface area contributed by atoms with Crippen molar-refractivity contribution in [1.29, 1.82) is 0 Å². The van der Waals surface area contributed by atoms with Crippen molar-refractivity contribution < 1.29 is 4.79 Å². The van der Waals surface area contributed by atoms with Gasteiger partial charge in [-0.15, -0.1) is 0 Å². The molecule has 0 saturated heterocycles. The number of nitrogens with one attached hydrogen (secondary N) is 2. The first-order valence-corrected chi connectivity index (χ1v) is 7.70. The lowest BCUT2D eigenvalue weighted by molar-refractivity contribution is -0.121. The molecule has 2 N–H and O–H groups in total. The third-order valence-corrected chi connectivity index (χ3v) is 3.91. The van der Waals surface area contributed by atoms with Gasteiger partial charge in [-0.05, 0) is 25.2 Å². The van der Waals surface area contributed by atoms with E-state index in [2.05, 4.69) is 10.6 Å². The number of rotatable bonds is 8. The molecule has 0 aliphatic heterocycles. The zero-order valence-corrected chi connectivity index (χ0v) is 13.3. The van der Waals surface area contributed by atoms with Crippen LogP contribution in [0.5, 0.6) is 0 Å². The summed E-state index contributed by atoms with van der Waals surface area (Å²) in [7, 11) is 3.78. The topological polar surface area (TPSA) is 41.1 Å². The highest BCUT2D eigenvalue weighted by Crippen LogP contribution is 2.26. The Kier molecular flexibility index (Phi) is 6.31. The Bertz CT molecular complexity index is 517. The van der Waals surface area contributed by atoms with Crippen molar-refractivity contribution in [3.8, 4) is 0 Å². The maximum Gasteiger partial charge on any atom is 0.150 e. The minimum atomic E-state index is -0.134. The van der Waals surface area contributed by atoms with Gasteiger partial charge in [0.25, 0.3) is 0 Å². The summed E-state index contributed by atoms with van der Waals surface area (Å²) >= 11 is 0. The number of hydrogen-bond donors (Lipinski definition) is 2. The Balaban J connectivity index is 2.30. The highest BCUT2D eigenvalue weighted by molar-refractivity contribution is 5.92. The summed E-state index contributed by atoms with van der Waals surface area (Å²) in [5.41, 5.74) is 2.14. The molecule has 22 heavy (non-hydrogen) atoms. The molecule has 0 aliphatic rings. The molecule has 2 atom stereocenters. The van der Waals surface area contributed by atoms with Crippen molar-refractivity contribution in [1.82, 2.24) is 10.6 Å². The molecule has 116 valence electrons. The summed E-state index contributed by atoms with van der Waals surface area (Å²) in [5.74, 6) is -0.0180. The first-order chi connectivity index (χ1) is 10.8. The van der Waals surface area contributed by atoms with E-state index in [1.165, 1.54) is 0 Å². The molecule has 2 aromatic rings. The summed E-state index contributed by atoms with van der Waals surface area (Å²) in [6.45, 7) is 1.30. The fraction of sp³-hybridized carbons (Fsp3) is 0.316. The minimum absolute atomic E-state index is 0.134. The van der Waals surface area contributed by atoms with E-state index < -0.39 is 0 Å². The predicted molar refractivity (Wildman–Crippen MR) is 91.2 cm³/mol. The van der Waals surface area contributed by atoms with Crippen LogP contribution in [0.2, 0.25) is 0 Å². The van der Waals surface area contributed by atoms with Gasteiger partial charge in [-0.2, -0.15) is 0 Å². The molecule has 0 radical (unpaired) electrons. The van der Waals surface area contributed by atoms with Gasteiger partial charge in [-0.1, -0.05) is 60.7 Å². The van der Waals surface area contributed by atoms with Crippen LogP contribution in [0.1, 0.15) is 23.0 Å². The van der Waals surface area contributed by atoms with Gasteiger partial charge >= 0.3 is 0 Å². The van der Waals surface area contributed by atoms with Crippen LogP contribution >= 0.6 is 0 Å². The number of Topliss-reactive ketones (excluding diaryl/α,β-unsaturated/α-hetero) is 1. The van der Waals surface area contributed by atoms with E-state index in [0.717, 1.165) is 11.1 Å². The van der Waals surface area contributed by atoms with E-state index in [1.54, 1.807) is 0 Å². The Morgan fingerprint density at radius 1 is 0.773 bits per heavy atom. The van der Waals surface area contributed by atoms with Gasteiger partial charge in [0, 0.05) is 13.1 Å². The number of hydrogen-bond acceptors (Lipinski definition) is 3. The largest absolute Gasteiger partial charge is 0.319 e. The van der Waals surface area contributed by atoms with Crippen molar-refractivity contribution in [3.05, 3.63) is 71.8 Å². The van der Waals surface area contributed by atoms with E-state index in [0.29, 0.717) is 13.1 Å². The lowest BCUT2D eigenvalue weighted by atomic mass is 9.83. The lowest BCUT2D eigenvalue weighted by Crippen LogP contribution is -2.32. The highest BCUT2D eigenvalue weighted by atomic mass is 16.1. The molecule has 0 unspecified atom stereocenters. The molecule has 0 fully saturated rings. The maximum atomic E-state index is 13.1. The number of carbonyl (C=O) groups is 1. The second kappa shape index (κ2) is 8.47. The van der Waals surface area contributed by atoms with Crippen molar-refractivity contribution in [2.75, 3.05) is 27.2 Å². The smallest absolute Gasteiger partial charge is 0.150 e. The Morgan fingerprint density at radius 3 is 1.45 bits per heavy atom. The molecule has 3 heteroatoms. The van der Waals surface area contributed by atoms with Gasteiger partial charge in [0.1, 0.15) is 5.78 Å². The van der Waals surface area contributed by atoms with Crippen LogP contribution < -0.4 is 10.6 Å². The van der Waals surface area contributed by atoms with Crippen LogP contribution in [0.4, 0.5) is 0 Å². The third-order valence-electron chi connectivity index (χ3n) is 3.91. The van der Waals surface area contributed by atoms with Gasteiger partial charge in [0.05, 0.1) is 11.8 Å². The number of benzene rings is 2. The van der Waals surface area contributed by atoms with E-state index >= 15 is 0 Å². The monoisotopic (exact) mass is 296 g/mol. The van der Waals surface area contributed by atoms with Crippen molar-refractivity contribution in [2.24, 2.45) is 0 Å². The first kappa shape index (κ1) is 16.4. The Hall–Kier alpha value is -1.97. The fourth-order valence-electron chi connectivity index (χ4n) is 2.79. The second-order valence-corrected chi connectivity index (χ2v) is 5.44. The van der Waals surface area contributed by atoms with Gasteiger partial charge < -0.3 is 10.6 Å². The Morgan fingerprint density at radius 2 is 1.14 bits per heavy atom. The van der Waals surface area contributed by atoms with Crippen LogP contribution in [-0.4, -0.2) is 33.0 Å². The van der Waals surface area contributed by atoms with Crippen LogP contribution in [0.25, 0.3) is 0 Å². The van der Waals surface area contributed by atoms with Crippen LogP contribution in [0.15, 0.2) is 60.7 Å². The predicted octanol–water partition coefficient (Wildman–Crippen LogP) is 2.56. The van der Waals surface area contributed by atoms with E-state index in [9.17, 15) is 4.79 Å². The number of likely N-dealkylation sites (N-methyl/N-ethyl adjacent to an activating group) is 2. The van der Waals surface area contributed by atoms with Crippen LogP contribution in [-0.2, 0) is 4.79 Å². The van der Waals surface area contributed by atoms with Crippen molar-refractivity contribution in [2.45, 2.75) is 11.8 Å². The standard InChI is InChI=1S/C19H24N2O/c1-20-13-17(15-9-5-3-6-10-15)19(22)18(14-21-2)16-11-7-4-8-12-16/h3-12,17-18,20-21H,13-14H2,1-2H3/t17-,18-/m0/s1. The SMILES string of the molecule is CNC[C@H](C(=O)[C@@H](CNC)c1ccccc1)c1ccccc1. The molecule has 3 nitrogen and oxygen atoms in total.